The average molecular weight is 367 g/mol. The van der Waals surface area contributed by atoms with Crippen LogP contribution < -0.4 is 0 Å². The highest BCUT2D eigenvalue weighted by molar-refractivity contribution is 7.98. The molecule has 0 saturated heterocycles. The number of hydrogen-bond donors (Lipinski definition) is 1. The van der Waals surface area contributed by atoms with Crippen LogP contribution in [0.25, 0.3) is 10.6 Å². The summed E-state index contributed by atoms with van der Waals surface area (Å²) in [6.45, 7) is 1.86. The molecule has 7 heteroatoms. The minimum Gasteiger partial charge on any atom is -0.508 e. The van der Waals surface area contributed by atoms with Crippen molar-refractivity contribution in [2.45, 2.75) is 17.6 Å². The molecule has 3 aromatic rings. The van der Waals surface area contributed by atoms with Gasteiger partial charge >= 0.3 is 0 Å². The van der Waals surface area contributed by atoms with Crippen molar-refractivity contribution in [2.75, 3.05) is 0 Å². The number of phenols is 1. The Morgan fingerprint density at radius 1 is 1.22 bits per heavy atom. The van der Waals surface area contributed by atoms with Gasteiger partial charge in [-0.25, -0.2) is 4.39 Å². The van der Waals surface area contributed by atoms with Crippen LogP contribution in [0.4, 0.5) is 4.39 Å². The van der Waals surface area contributed by atoms with Crippen LogP contribution >= 0.6 is 34.7 Å². The van der Waals surface area contributed by atoms with E-state index in [1.54, 1.807) is 30.0 Å². The molecular formula is C16H12ClFN2OS2. The zero-order valence-electron chi connectivity index (χ0n) is 12.1. The number of halogens is 2. The number of rotatable bonds is 4. The first-order chi connectivity index (χ1) is 11.0. The molecule has 0 atom stereocenters. The quantitative estimate of drug-likeness (QED) is 0.636. The molecule has 1 aromatic heterocycles. The van der Waals surface area contributed by atoms with Crippen LogP contribution in [0.15, 0.2) is 41.3 Å². The Kier molecular flexibility index (Phi) is 4.84. The third-order valence-corrected chi connectivity index (χ3v) is 5.61. The SMILES string of the molecule is Cc1cc(SCc2nnc(-c3ccc(F)c(Cl)c3)s2)ccc1O. The van der Waals surface area contributed by atoms with E-state index < -0.39 is 5.82 Å². The van der Waals surface area contributed by atoms with Crippen LogP contribution in [0.3, 0.4) is 0 Å². The zero-order valence-corrected chi connectivity index (χ0v) is 14.5. The Hall–Kier alpha value is -1.63. The third kappa shape index (κ3) is 3.83. The Bertz CT molecular complexity index is 854. The number of nitrogens with zero attached hydrogens (tertiary/aromatic N) is 2. The standard InChI is InChI=1S/C16H12ClFN2OS2/c1-9-6-11(3-5-14(9)21)22-8-15-19-20-16(23-15)10-2-4-13(18)12(17)7-10/h2-7,21H,8H2,1H3. The number of phenolic OH excluding ortho intramolecular Hbond substituents is 1. The first-order valence-corrected chi connectivity index (χ1v) is 8.91. The maximum atomic E-state index is 13.2. The van der Waals surface area contributed by atoms with E-state index in [1.165, 1.54) is 17.4 Å². The largest absolute Gasteiger partial charge is 0.508 e. The molecule has 0 fully saturated rings. The molecule has 0 aliphatic carbocycles. The minimum absolute atomic E-state index is 0.0770. The van der Waals surface area contributed by atoms with Gasteiger partial charge in [-0.2, -0.15) is 0 Å². The van der Waals surface area contributed by atoms with Gasteiger partial charge in [-0.1, -0.05) is 22.9 Å². The van der Waals surface area contributed by atoms with E-state index in [4.69, 9.17) is 11.6 Å². The molecule has 0 aliphatic heterocycles. The minimum atomic E-state index is -0.446. The molecule has 3 rings (SSSR count). The first-order valence-electron chi connectivity index (χ1n) is 6.73. The molecule has 0 spiro atoms. The van der Waals surface area contributed by atoms with Crippen molar-refractivity contribution in [3.05, 3.63) is 57.8 Å². The molecule has 0 bridgehead atoms. The normalized spacial score (nSPS) is 10.9. The maximum absolute atomic E-state index is 13.2. The van der Waals surface area contributed by atoms with E-state index in [0.717, 1.165) is 21.0 Å². The van der Waals surface area contributed by atoms with E-state index in [1.807, 2.05) is 19.1 Å². The molecular weight excluding hydrogens is 355 g/mol. The van der Waals surface area contributed by atoms with Crippen molar-refractivity contribution >= 4 is 34.7 Å². The summed E-state index contributed by atoms with van der Waals surface area (Å²) in [5, 5.41) is 19.5. The molecule has 0 aliphatic rings. The van der Waals surface area contributed by atoms with E-state index >= 15 is 0 Å². The van der Waals surface area contributed by atoms with E-state index in [0.29, 0.717) is 16.5 Å². The zero-order chi connectivity index (χ0) is 16.4. The second-order valence-corrected chi connectivity index (χ2v) is 7.38. The summed E-state index contributed by atoms with van der Waals surface area (Å²) in [6.07, 6.45) is 0. The van der Waals surface area contributed by atoms with Gasteiger partial charge in [0, 0.05) is 10.5 Å². The Balaban J connectivity index is 1.71. The third-order valence-electron chi connectivity index (χ3n) is 3.16. The van der Waals surface area contributed by atoms with Gasteiger partial charge in [0.25, 0.3) is 0 Å². The van der Waals surface area contributed by atoms with Crippen LogP contribution in [-0.4, -0.2) is 15.3 Å². The highest BCUT2D eigenvalue weighted by Gasteiger charge is 2.10. The second-order valence-electron chi connectivity index (χ2n) is 4.87. The summed E-state index contributed by atoms with van der Waals surface area (Å²) < 4.78 is 13.2. The number of benzene rings is 2. The van der Waals surface area contributed by atoms with Gasteiger partial charge in [-0.05, 0) is 48.9 Å². The smallest absolute Gasteiger partial charge is 0.147 e. The van der Waals surface area contributed by atoms with Gasteiger partial charge in [-0.15, -0.1) is 22.0 Å². The Morgan fingerprint density at radius 3 is 2.78 bits per heavy atom. The lowest BCUT2D eigenvalue weighted by atomic mass is 10.2. The van der Waals surface area contributed by atoms with Gasteiger partial charge in [0.1, 0.15) is 21.6 Å². The number of hydrogen-bond acceptors (Lipinski definition) is 5. The van der Waals surface area contributed by atoms with Crippen LogP contribution in [0.5, 0.6) is 5.75 Å². The summed E-state index contributed by atoms with van der Waals surface area (Å²) in [5.74, 6) is 0.524. The fourth-order valence-electron chi connectivity index (χ4n) is 1.92. The number of aryl methyl sites for hydroxylation is 1. The fourth-order valence-corrected chi connectivity index (χ4v) is 3.92. The molecule has 0 amide bonds. The van der Waals surface area contributed by atoms with Gasteiger partial charge < -0.3 is 5.11 Å². The highest BCUT2D eigenvalue weighted by atomic mass is 35.5. The molecule has 3 nitrogen and oxygen atoms in total. The second kappa shape index (κ2) is 6.86. The topological polar surface area (TPSA) is 46.0 Å². The monoisotopic (exact) mass is 366 g/mol. The first kappa shape index (κ1) is 16.2. The van der Waals surface area contributed by atoms with Gasteiger partial charge in [0.2, 0.25) is 0 Å². The summed E-state index contributed by atoms with van der Waals surface area (Å²) in [7, 11) is 0. The van der Waals surface area contributed by atoms with E-state index in [9.17, 15) is 9.50 Å². The summed E-state index contributed by atoms with van der Waals surface area (Å²) in [6, 6.07) is 10.0. The Labute approximate surface area is 146 Å². The average Bonchev–Trinajstić information content (AvgIpc) is 3.00. The molecule has 23 heavy (non-hydrogen) atoms. The lowest BCUT2D eigenvalue weighted by molar-refractivity contribution is 0.470. The number of aromatic hydroxyl groups is 1. The predicted octanol–water partition coefficient (Wildman–Crippen LogP) is 5.30. The number of aromatic nitrogens is 2. The molecule has 0 saturated carbocycles. The van der Waals surface area contributed by atoms with Crippen molar-refractivity contribution in [1.82, 2.24) is 10.2 Å². The van der Waals surface area contributed by atoms with Crippen molar-refractivity contribution < 1.29 is 9.50 Å². The van der Waals surface area contributed by atoms with Gasteiger partial charge in [0.15, 0.2) is 0 Å². The molecule has 0 radical (unpaired) electrons. The van der Waals surface area contributed by atoms with Crippen LogP contribution in [0, 0.1) is 12.7 Å². The predicted molar refractivity (Wildman–Crippen MR) is 92.7 cm³/mol. The number of thioether (sulfide) groups is 1. The molecule has 2 aromatic carbocycles. The van der Waals surface area contributed by atoms with Crippen molar-refractivity contribution in [2.24, 2.45) is 0 Å². The van der Waals surface area contributed by atoms with Gasteiger partial charge in [-0.3, -0.25) is 0 Å². The molecule has 0 unspecified atom stereocenters. The summed E-state index contributed by atoms with van der Waals surface area (Å²) in [5.41, 5.74) is 1.60. The van der Waals surface area contributed by atoms with Crippen LogP contribution in [0.1, 0.15) is 10.6 Å². The van der Waals surface area contributed by atoms with E-state index in [2.05, 4.69) is 10.2 Å². The van der Waals surface area contributed by atoms with Crippen molar-refractivity contribution in [3.8, 4) is 16.3 Å². The molecule has 1 N–H and O–H groups in total. The maximum Gasteiger partial charge on any atom is 0.147 e. The van der Waals surface area contributed by atoms with Gasteiger partial charge in [0.05, 0.1) is 10.8 Å². The lowest BCUT2D eigenvalue weighted by Crippen LogP contribution is -1.81. The molecule has 118 valence electrons. The fraction of sp³-hybridized carbons (Fsp3) is 0.125. The van der Waals surface area contributed by atoms with Crippen LogP contribution in [0.2, 0.25) is 5.02 Å². The molecule has 1 heterocycles. The summed E-state index contributed by atoms with van der Waals surface area (Å²) in [4.78, 5) is 1.06. The highest BCUT2D eigenvalue weighted by Crippen LogP contribution is 2.31. The lowest BCUT2D eigenvalue weighted by Gasteiger charge is -2.02. The summed E-state index contributed by atoms with van der Waals surface area (Å²) >= 11 is 8.87. The van der Waals surface area contributed by atoms with E-state index in [-0.39, 0.29) is 5.02 Å². The van der Waals surface area contributed by atoms with Crippen molar-refractivity contribution in [3.63, 3.8) is 0 Å². The van der Waals surface area contributed by atoms with Crippen LogP contribution in [-0.2, 0) is 5.75 Å². The Morgan fingerprint density at radius 2 is 2.04 bits per heavy atom. The van der Waals surface area contributed by atoms with Crippen molar-refractivity contribution in [1.29, 1.82) is 0 Å².